The minimum Gasteiger partial charge on any atom is -0.394 e. The zero-order valence-electron chi connectivity index (χ0n) is 9.54. The number of nitrogens with zero attached hydrogens (tertiary/aromatic N) is 1. The maximum Gasteiger partial charge on any atom is 0.0826 e. The van der Waals surface area contributed by atoms with Crippen molar-refractivity contribution in [2.24, 2.45) is 0 Å². The van der Waals surface area contributed by atoms with Crippen LogP contribution in [0.1, 0.15) is 19.8 Å². The van der Waals surface area contributed by atoms with Gasteiger partial charge in [0, 0.05) is 25.2 Å². The van der Waals surface area contributed by atoms with Gasteiger partial charge in [-0.2, -0.15) is 0 Å². The molecule has 2 aliphatic rings. The molecule has 0 amide bonds. The van der Waals surface area contributed by atoms with Crippen molar-refractivity contribution in [2.75, 3.05) is 39.4 Å². The molecule has 0 radical (unpaired) electrons. The molecule has 2 fully saturated rings. The molecule has 1 aliphatic carbocycles. The van der Waals surface area contributed by atoms with Gasteiger partial charge in [0.15, 0.2) is 0 Å². The number of likely N-dealkylation sites (N-methyl/N-ethyl adjacent to an activating group) is 1. The van der Waals surface area contributed by atoms with Gasteiger partial charge in [0.2, 0.25) is 0 Å². The van der Waals surface area contributed by atoms with E-state index in [9.17, 15) is 5.11 Å². The Bertz CT molecular complexity index is 207. The van der Waals surface area contributed by atoms with Gasteiger partial charge >= 0.3 is 0 Å². The van der Waals surface area contributed by atoms with Crippen molar-refractivity contribution in [1.29, 1.82) is 0 Å². The standard InChI is InChI=1S/C11H22N2O2/c1-2-13-5-6-15-10(8-13)7-12-11(9-14)3-4-11/h10,12,14H,2-9H2,1H3. The van der Waals surface area contributed by atoms with Gasteiger partial charge in [-0.05, 0) is 19.4 Å². The molecule has 0 spiro atoms. The number of ether oxygens (including phenoxy) is 1. The number of nitrogens with one attached hydrogen (secondary N) is 1. The number of morpholine rings is 1. The van der Waals surface area contributed by atoms with Crippen molar-refractivity contribution in [3.63, 3.8) is 0 Å². The molecule has 0 aromatic heterocycles. The van der Waals surface area contributed by atoms with Crippen LogP contribution < -0.4 is 5.32 Å². The fraction of sp³-hybridized carbons (Fsp3) is 1.00. The van der Waals surface area contributed by atoms with Crippen LogP contribution in [0.25, 0.3) is 0 Å². The molecule has 2 N–H and O–H groups in total. The normalized spacial score (nSPS) is 30.4. The van der Waals surface area contributed by atoms with Crippen molar-refractivity contribution < 1.29 is 9.84 Å². The molecular weight excluding hydrogens is 192 g/mol. The van der Waals surface area contributed by atoms with E-state index in [2.05, 4.69) is 17.1 Å². The predicted molar refractivity (Wildman–Crippen MR) is 58.9 cm³/mol. The second-order valence-corrected chi connectivity index (χ2v) is 4.71. The van der Waals surface area contributed by atoms with Crippen LogP contribution in [0.4, 0.5) is 0 Å². The Hall–Kier alpha value is -0.160. The number of aliphatic hydroxyl groups excluding tert-OH is 1. The van der Waals surface area contributed by atoms with E-state index >= 15 is 0 Å². The molecule has 88 valence electrons. The maximum absolute atomic E-state index is 9.17. The first-order valence-corrected chi connectivity index (χ1v) is 5.98. The lowest BCUT2D eigenvalue weighted by Gasteiger charge is -2.33. The predicted octanol–water partition coefficient (Wildman–Crippen LogP) is -0.178. The average molecular weight is 214 g/mol. The lowest BCUT2D eigenvalue weighted by atomic mass is 10.2. The highest BCUT2D eigenvalue weighted by Gasteiger charge is 2.42. The minimum atomic E-state index is 0.0395. The second-order valence-electron chi connectivity index (χ2n) is 4.71. The van der Waals surface area contributed by atoms with E-state index in [-0.39, 0.29) is 12.1 Å². The molecule has 2 rings (SSSR count). The van der Waals surface area contributed by atoms with Gasteiger partial charge in [-0.15, -0.1) is 0 Å². The second kappa shape index (κ2) is 4.78. The first-order chi connectivity index (χ1) is 7.28. The molecule has 1 unspecified atom stereocenters. The summed E-state index contributed by atoms with van der Waals surface area (Å²) in [7, 11) is 0. The Labute approximate surface area is 91.6 Å². The van der Waals surface area contributed by atoms with E-state index < -0.39 is 0 Å². The quantitative estimate of drug-likeness (QED) is 0.666. The van der Waals surface area contributed by atoms with Crippen LogP contribution in [-0.2, 0) is 4.74 Å². The van der Waals surface area contributed by atoms with Gasteiger partial charge in [0.1, 0.15) is 0 Å². The minimum absolute atomic E-state index is 0.0395. The summed E-state index contributed by atoms with van der Waals surface area (Å²) >= 11 is 0. The van der Waals surface area contributed by atoms with E-state index in [1.54, 1.807) is 0 Å². The van der Waals surface area contributed by atoms with Crippen molar-refractivity contribution in [3.05, 3.63) is 0 Å². The number of rotatable bonds is 5. The van der Waals surface area contributed by atoms with E-state index in [0.29, 0.717) is 6.10 Å². The van der Waals surface area contributed by atoms with Crippen LogP contribution in [0.5, 0.6) is 0 Å². The summed E-state index contributed by atoms with van der Waals surface area (Å²) in [5, 5.41) is 12.6. The van der Waals surface area contributed by atoms with Crippen molar-refractivity contribution in [3.8, 4) is 0 Å². The summed E-state index contributed by atoms with van der Waals surface area (Å²) in [5.74, 6) is 0. The van der Waals surface area contributed by atoms with Crippen molar-refractivity contribution in [1.82, 2.24) is 10.2 Å². The van der Waals surface area contributed by atoms with Gasteiger partial charge in [-0.1, -0.05) is 6.92 Å². The van der Waals surface area contributed by atoms with E-state index in [4.69, 9.17) is 4.74 Å². The highest BCUT2D eigenvalue weighted by atomic mass is 16.5. The summed E-state index contributed by atoms with van der Waals surface area (Å²) in [5.41, 5.74) is 0.0395. The van der Waals surface area contributed by atoms with Crippen LogP contribution >= 0.6 is 0 Å². The molecular formula is C11H22N2O2. The topological polar surface area (TPSA) is 44.7 Å². The Kier molecular flexibility index (Phi) is 3.61. The van der Waals surface area contributed by atoms with Gasteiger partial charge in [-0.3, -0.25) is 4.90 Å². The summed E-state index contributed by atoms with van der Waals surface area (Å²) in [6.07, 6.45) is 2.50. The van der Waals surface area contributed by atoms with Crippen LogP contribution in [0.2, 0.25) is 0 Å². The molecule has 1 saturated heterocycles. The number of hydrogen-bond donors (Lipinski definition) is 2. The van der Waals surface area contributed by atoms with Crippen LogP contribution in [0, 0.1) is 0 Å². The highest BCUT2D eigenvalue weighted by molar-refractivity contribution is 5.01. The highest BCUT2D eigenvalue weighted by Crippen LogP contribution is 2.34. The van der Waals surface area contributed by atoms with Crippen LogP contribution in [0.3, 0.4) is 0 Å². The van der Waals surface area contributed by atoms with Gasteiger partial charge in [0.25, 0.3) is 0 Å². The first kappa shape index (κ1) is 11.3. The summed E-state index contributed by atoms with van der Waals surface area (Å²) in [6, 6.07) is 0. The largest absolute Gasteiger partial charge is 0.394 e. The lowest BCUT2D eigenvalue weighted by molar-refractivity contribution is -0.0275. The molecule has 4 heteroatoms. The molecule has 0 aromatic carbocycles. The molecule has 4 nitrogen and oxygen atoms in total. The zero-order chi connectivity index (χ0) is 10.7. The zero-order valence-corrected chi connectivity index (χ0v) is 9.54. The third-order valence-corrected chi connectivity index (χ3v) is 3.53. The smallest absolute Gasteiger partial charge is 0.0826 e. The molecule has 1 aliphatic heterocycles. The molecule has 1 atom stereocenters. The summed E-state index contributed by atoms with van der Waals surface area (Å²) in [4.78, 5) is 2.41. The maximum atomic E-state index is 9.17. The van der Waals surface area contributed by atoms with Gasteiger partial charge < -0.3 is 15.2 Å². The van der Waals surface area contributed by atoms with E-state index in [0.717, 1.165) is 45.6 Å². The number of hydrogen-bond acceptors (Lipinski definition) is 4. The Balaban J connectivity index is 1.70. The molecule has 0 bridgehead atoms. The van der Waals surface area contributed by atoms with Gasteiger partial charge in [-0.25, -0.2) is 0 Å². The average Bonchev–Trinajstić information content (AvgIpc) is 3.07. The van der Waals surface area contributed by atoms with Crippen LogP contribution in [-0.4, -0.2) is 61.0 Å². The molecule has 1 saturated carbocycles. The molecule has 0 aromatic rings. The fourth-order valence-corrected chi connectivity index (χ4v) is 2.06. The van der Waals surface area contributed by atoms with E-state index in [1.165, 1.54) is 0 Å². The van der Waals surface area contributed by atoms with E-state index in [1.807, 2.05) is 0 Å². The number of aliphatic hydroxyl groups is 1. The molecule has 15 heavy (non-hydrogen) atoms. The summed E-state index contributed by atoms with van der Waals surface area (Å²) in [6.45, 7) is 7.33. The Morgan fingerprint density at radius 2 is 2.33 bits per heavy atom. The fourth-order valence-electron chi connectivity index (χ4n) is 2.06. The lowest BCUT2D eigenvalue weighted by Crippen LogP contribution is -2.49. The monoisotopic (exact) mass is 214 g/mol. The Morgan fingerprint density at radius 3 is 2.93 bits per heavy atom. The van der Waals surface area contributed by atoms with Crippen molar-refractivity contribution in [2.45, 2.75) is 31.4 Å². The molecule has 1 heterocycles. The van der Waals surface area contributed by atoms with Gasteiger partial charge in [0.05, 0.1) is 19.3 Å². The Morgan fingerprint density at radius 1 is 1.53 bits per heavy atom. The third-order valence-electron chi connectivity index (χ3n) is 3.53. The SMILES string of the molecule is CCN1CCOC(CNC2(CO)CC2)C1. The van der Waals surface area contributed by atoms with Crippen molar-refractivity contribution >= 4 is 0 Å². The summed E-state index contributed by atoms with van der Waals surface area (Å²) < 4.78 is 5.69. The first-order valence-electron chi connectivity index (χ1n) is 5.98. The van der Waals surface area contributed by atoms with Crippen LogP contribution in [0.15, 0.2) is 0 Å². The third kappa shape index (κ3) is 2.91.